The van der Waals surface area contributed by atoms with Crippen LogP contribution < -0.4 is 5.32 Å². The fourth-order valence-electron chi connectivity index (χ4n) is 3.43. The SMILES string of the molecule is COC(=O)NCC(=O)N1CCC[C@@H]1C1CCCCC1. The van der Waals surface area contributed by atoms with E-state index in [9.17, 15) is 9.59 Å². The van der Waals surface area contributed by atoms with Crippen LogP contribution in [0.15, 0.2) is 0 Å². The highest BCUT2D eigenvalue weighted by atomic mass is 16.5. The molecule has 5 nitrogen and oxygen atoms in total. The second kappa shape index (κ2) is 6.78. The van der Waals surface area contributed by atoms with Crippen LogP contribution in [0.5, 0.6) is 0 Å². The van der Waals surface area contributed by atoms with Gasteiger partial charge in [-0.2, -0.15) is 0 Å². The Labute approximate surface area is 114 Å². The van der Waals surface area contributed by atoms with Crippen LogP contribution in [0.25, 0.3) is 0 Å². The molecule has 5 heteroatoms. The summed E-state index contributed by atoms with van der Waals surface area (Å²) in [5.41, 5.74) is 0. The third-order valence-corrected chi connectivity index (χ3v) is 4.38. The summed E-state index contributed by atoms with van der Waals surface area (Å²) in [6.45, 7) is 0.888. The zero-order chi connectivity index (χ0) is 13.7. The number of likely N-dealkylation sites (tertiary alicyclic amines) is 1. The fourth-order valence-corrected chi connectivity index (χ4v) is 3.43. The van der Waals surface area contributed by atoms with Crippen LogP contribution in [0, 0.1) is 5.92 Å². The van der Waals surface area contributed by atoms with Crippen LogP contribution in [0.1, 0.15) is 44.9 Å². The topological polar surface area (TPSA) is 58.6 Å². The van der Waals surface area contributed by atoms with E-state index in [2.05, 4.69) is 10.1 Å². The summed E-state index contributed by atoms with van der Waals surface area (Å²) in [7, 11) is 1.31. The maximum absolute atomic E-state index is 12.2. The molecule has 19 heavy (non-hydrogen) atoms. The van der Waals surface area contributed by atoms with E-state index in [1.54, 1.807) is 0 Å². The summed E-state index contributed by atoms with van der Waals surface area (Å²) in [5, 5.41) is 2.48. The minimum absolute atomic E-state index is 0.0264. The van der Waals surface area contributed by atoms with Gasteiger partial charge in [-0.3, -0.25) is 4.79 Å². The maximum atomic E-state index is 12.2. The molecule has 2 amide bonds. The van der Waals surface area contributed by atoms with Crippen LogP contribution >= 0.6 is 0 Å². The van der Waals surface area contributed by atoms with Gasteiger partial charge >= 0.3 is 6.09 Å². The number of carbonyl (C=O) groups is 2. The van der Waals surface area contributed by atoms with Crippen molar-refractivity contribution in [1.29, 1.82) is 0 Å². The average molecular weight is 268 g/mol. The monoisotopic (exact) mass is 268 g/mol. The highest BCUT2D eigenvalue weighted by Gasteiger charge is 2.34. The lowest BCUT2D eigenvalue weighted by Crippen LogP contribution is -2.45. The van der Waals surface area contributed by atoms with E-state index in [1.807, 2.05) is 4.90 Å². The number of rotatable bonds is 3. The van der Waals surface area contributed by atoms with Crippen LogP contribution in [-0.2, 0) is 9.53 Å². The highest BCUT2D eigenvalue weighted by molar-refractivity contribution is 5.82. The molecule has 1 aliphatic heterocycles. The molecule has 0 aromatic carbocycles. The zero-order valence-corrected chi connectivity index (χ0v) is 11.7. The number of ether oxygens (including phenoxy) is 1. The van der Waals surface area contributed by atoms with Crippen molar-refractivity contribution in [2.24, 2.45) is 5.92 Å². The predicted molar refractivity (Wildman–Crippen MR) is 71.7 cm³/mol. The smallest absolute Gasteiger partial charge is 0.407 e. The van der Waals surface area contributed by atoms with Crippen LogP contribution in [0.3, 0.4) is 0 Å². The van der Waals surface area contributed by atoms with Crippen molar-refractivity contribution < 1.29 is 14.3 Å². The molecule has 2 rings (SSSR count). The van der Waals surface area contributed by atoms with Crippen molar-refractivity contribution in [1.82, 2.24) is 10.2 Å². The first-order chi connectivity index (χ1) is 9.22. The fraction of sp³-hybridized carbons (Fsp3) is 0.857. The minimum atomic E-state index is -0.540. The molecule has 108 valence electrons. The van der Waals surface area contributed by atoms with E-state index < -0.39 is 6.09 Å². The summed E-state index contributed by atoms with van der Waals surface area (Å²) in [6, 6.07) is 0.396. The van der Waals surface area contributed by atoms with Crippen molar-refractivity contribution in [3.05, 3.63) is 0 Å². The largest absolute Gasteiger partial charge is 0.453 e. The molecular weight excluding hydrogens is 244 g/mol. The summed E-state index contributed by atoms with van der Waals surface area (Å²) in [5.74, 6) is 0.691. The van der Waals surface area contributed by atoms with Gasteiger partial charge < -0.3 is 15.0 Å². The number of hydrogen-bond donors (Lipinski definition) is 1. The van der Waals surface area contributed by atoms with Gasteiger partial charge in [-0.15, -0.1) is 0 Å². The number of methoxy groups -OCH3 is 1. The summed E-state index contributed by atoms with van der Waals surface area (Å²) < 4.78 is 4.49. The second-order valence-electron chi connectivity index (χ2n) is 5.54. The predicted octanol–water partition coefficient (Wildman–Crippen LogP) is 1.91. The Bertz CT molecular complexity index is 327. The molecule has 0 radical (unpaired) electrons. The number of alkyl carbamates (subject to hydrolysis) is 1. The van der Waals surface area contributed by atoms with E-state index in [4.69, 9.17) is 0 Å². The van der Waals surface area contributed by atoms with E-state index in [1.165, 1.54) is 39.2 Å². The third-order valence-electron chi connectivity index (χ3n) is 4.38. The zero-order valence-electron chi connectivity index (χ0n) is 11.7. The molecule has 1 atom stereocenters. The first-order valence-electron chi connectivity index (χ1n) is 7.33. The van der Waals surface area contributed by atoms with E-state index in [-0.39, 0.29) is 12.5 Å². The van der Waals surface area contributed by atoms with E-state index >= 15 is 0 Å². The second-order valence-corrected chi connectivity index (χ2v) is 5.54. The van der Waals surface area contributed by atoms with Gasteiger partial charge in [0.15, 0.2) is 0 Å². The number of nitrogens with one attached hydrogen (secondary N) is 1. The van der Waals surface area contributed by atoms with E-state index in [0.717, 1.165) is 19.4 Å². The minimum Gasteiger partial charge on any atom is -0.453 e. The van der Waals surface area contributed by atoms with Crippen molar-refractivity contribution in [3.8, 4) is 0 Å². The molecule has 1 saturated heterocycles. The van der Waals surface area contributed by atoms with Gasteiger partial charge in [0.25, 0.3) is 0 Å². The van der Waals surface area contributed by atoms with Gasteiger partial charge in [0, 0.05) is 12.6 Å². The standard InChI is InChI=1S/C14H24N2O3/c1-19-14(18)15-10-13(17)16-9-5-8-12(16)11-6-3-2-4-7-11/h11-12H,2-10H2,1H3,(H,15,18)/t12-/m1/s1. The van der Waals surface area contributed by atoms with Crippen molar-refractivity contribution in [2.45, 2.75) is 51.0 Å². The summed E-state index contributed by atoms with van der Waals surface area (Å²) in [4.78, 5) is 25.2. The third kappa shape index (κ3) is 3.61. The molecule has 0 aromatic rings. The Balaban J connectivity index is 1.86. The van der Waals surface area contributed by atoms with Gasteiger partial charge in [0.05, 0.1) is 7.11 Å². The molecule has 0 spiro atoms. The van der Waals surface area contributed by atoms with Crippen molar-refractivity contribution in [3.63, 3.8) is 0 Å². The molecule has 0 bridgehead atoms. The normalized spacial score (nSPS) is 24.3. The highest BCUT2D eigenvalue weighted by Crippen LogP contribution is 2.34. The molecule has 2 fully saturated rings. The Hall–Kier alpha value is -1.26. The molecule has 1 aliphatic carbocycles. The first kappa shape index (κ1) is 14.2. The van der Waals surface area contributed by atoms with E-state index in [0.29, 0.717) is 12.0 Å². The number of nitrogens with zero attached hydrogens (tertiary/aromatic N) is 1. The van der Waals surface area contributed by atoms with Crippen LogP contribution in [0.2, 0.25) is 0 Å². The lowest BCUT2D eigenvalue weighted by Gasteiger charge is -2.34. The quantitative estimate of drug-likeness (QED) is 0.850. The summed E-state index contributed by atoms with van der Waals surface area (Å²) in [6.07, 6.45) is 8.09. The van der Waals surface area contributed by atoms with Gasteiger partial charge in [-0.1, -0.05) is 19.3 Å². The molecular formula is C14H24N2O3. The van der Waals surface area contributed by atoms with Gasteiger partial charge in [0.2, 0.25) is 5.91 Å². The van der Waals surface area contributed by atoms with Crippen LogP contribution in [0.4, 0.5) is 4.79 Å². The molecule has 2 aliphatic rings. The van der Waals surface area contributed by atoms with Gasteiger partial charge in [-0.25, -0.2) is 4.79 Å². The maximum Gasteiger partial charge on any atom is 0.407 e. The number of carbonyl (C=O) groups excluding carboxylic acids is 2. The number of hydrogen-bond acceptors (Lipinski definition) is 3. The lowest BCUT2D eigenvalue weighted by atomic mass is 9.83. The van der Waals surface area contributed by atoms with Crippen molar-refractivity contribution >= 4 is 12.0 Å². The lowest BCUT2D eigenvalue weighted by molar-refractivity contribution is -0.132. The van der Waals surface area contributed by atoms with Gasteiger partial charge in [0.1, 0.15) is 6.54 Å². The Morgan fingerprint density at radius 1 is 1.16 bits per heavy atom. The number of amides is 2. The molecule has 1 N–H and O–H groups in total. The average Bonchev–Trinajstić information content (AvgIpc) is 2.94. The first-order valence-corrected chi connectivity index (χ1v) is 7.33. The van der Waals surface area contributed by atoms with Crippen LogP contribution in [-0.4, -0.2) is 43.1 Å². The Morgan fingerprint density at radius 3 is 2.58 bits per heavy atom. The van der Waals surface area contributed by atoms with Gasteiger partial charge in [-0.05, 0) is 31.6 Å². The Kier molecular flexibility index (Phi) is 5.05. The van der Waals surface area contributed by atoms with Crippen molar-refractivity contribution in [2.75, 3.05) is 20.2 Å². The molecule has 0 unspecified atom stereocenters. The Morgan fingerprint density at radius 2 is 1.89 bits per heavy atom. The molecule has 1 heterocycles. The molecule has 1 saturated carbocycles. The summed E-state index contributed by atoms with van der Waals surface area (Å²) >= 11 is 0. The molecule has 0 aromatic heterocycles.